The number of primary amides is 2. The van der Waals surface area contributed by atoms with Crippen LogP contribution in [0, 0.1) is 0 Å². The van der Waals surface area contributed by atoms with Crippen LogP contribution in [-0.2, 0) is 14.3 Å². The molecule has 98 valence electrons. The zero-order chi connectivity index (χ0) is 13.6. The first-order chi connectivity index (χ1) is 7.61. The lowest BCUT2D eigenvalue weighted by Crippen LogP contribution is -2.46. The number of ether oxygens (including phenoxy) is 1. The van der Waals surface area contributed by atoms with E-state index >= 15 is 0 Å². The Bertz CT molecular complexity index is 309. The zero-order valence-corrected chi connectivity index (χ0v) is 10.3. The SMILES string of the molecule is CC(C)(C)OC(=O)N[C@@H](CCC(N)=O)C(N)=O. The highest BCUT2D eigenvalue weighted by Crippen LogP contribution is 2.07. The molecular formula is C10H19N3O4. The van der Waals surface area contributed by atoms with Gasteiger partial charge in [0, 0.05) is 6.42 Å². The summed E-state index contributed by atoms with van der Waals surface area (Å²) >= 11 is 0. The van der Waals surface area contributed by atoms with Crippen LogP contribution >= 0.6 is 0 Å². The molecule has 0 aliphatic carbocycles. The third-order valence-corrected chi connectivity index (χ3v) is 1.71. The molecule has 0 aliphatic heterocycles. The van der Waals surface area contributed by atoms with Gasteiger partial charge in [0.25, 0.3) is 0 Å². The molecule has 0 heterocycles. The van der Waals surface area contributed by atoms with E-state index in [9.17, 15) is 14.4 Å². The molecule has 0 unspecified atom stereocenters. The van der Waals surface area contributed by atoms with Gasteiger partial charge in [0.2, 0.25) is 11.8 Å². The van der Waals surface area contributed by atoms with Crippen LogP contribution in [0.25, 0.3) is 0 Å². The smallest absolute Gasteiger partial charge is 0.408 e. The quantitative estimate of drug-likeness (QED) is 0.611. The lowest BCUT2D eigenvalue weighted by molar-refractivity contribution is -0.121. The molecule has 0 saturated carbocycles. The highest BCUT2D eigenvalue weighted by Gasteiger charge is 2.22. The minimum Gasteiger partial charge on any atom is -0.444 e. The molecule has 0 radical (unpaired) electrons. The number of amides is 3. The number of carbonyl (C=O) groups excluding carboxylic acids is 3. The largest absolute Gasteiger partial charge is 0.444 e. The molecule has 0 bridgehead atoms. The Kier molecular flexibility index (Phi) is 5.43. The number of alkyl carbamates (subject to hydrolysis) is 1. The second-order valence-corrected chi connectivity index (χ2v) is 4.61. The van der Waals surface area contributed by atoms with Gasteiger partial charge in [-0.1, -0.05) is 0 Å². The van der Waals surface area contributed by atoms with E-state index in [0.29, 0.717) is 0 Å². The summed E-state index contributed by atoms with van der Waals surface area (Å²) < 4.78 is 4.95. The van der Waals surface area contributed by atoms with Crippen LogP contribution in [0.2, 0.25) is 0 Å². The van der Waals surface area contributed by atoms with Crippen LogP contribution in [-0.4, -0.2) is 29.6 Å². The average Bonchev–Trinajstić information content (AvgIpc) is 2.08. The molecule has 0 spiro atoms. The number of nitrogens with two attached hydrogens (primary N) is 2. The second-order valence-electron chi connectivity index (χ2n) is 4.61. The molecule has 0 aromatic heterocycles. The predicted molar refractivity (Wildman–Crippen MR) is 60.8 cm³/mol. The van der Waals surface area contributed by atoms with Gasteiger partial charge in [0.05, 0.1) is 0 Å². The summed E-state index contributed by atoms with van der Waals surface area (Å²) in [7, 11) is 0. The van der Waals surface area contributed by atoms with Gasteiger partial charge in [0.1, 0.15) is 11.6 Å². The lowest BCUT2D eigenvalue weighted by atomic mass is 10.1. The van der Waals surface area contributed by atoms with Gasteiger partial charge in [-0.15, -0.1) is 0 Å². The maximum Gasteiger partial charge on any atom is 0.408 e. The fraction of sp³-hybridized carbons (Fsp3) is 0.700. The third-order valence-electron chi connectivity index (χ3n) is 1.71. The summed E-state index contributed by atoms with van der Waals surface area (Å²) in [5, 5.41) is 2.28. The van der Waals surface area contributed by atoms with Crippen molar-refractivity contribution < 1.29 is 19.1 Å². The Morgan fingerprint density at radius 1 is 1.24 bits per heavy atom. The van der Waals surface area contributed by atoms with Crippen molar-refractivity contribution in [3.63, 3.8) is 0 Å². The molecular weight excluding hydrogens is 226 g/mol. The van der Waals surface area contributed by atoms with E-state index in [2.05, 4.69) is 5.32 Å². The highest BCUT2D eigenvalue weighted by atomic mass is 16.6. The van der Waals surface area contributed by atoms with Crippen molar-refractivity contribution in [1.29, 1.82) is 0 Å². The molecule has 0 aromatic carbocycles. The summed E-state index contributed by atoms with van der Waals surface area (Å²) in [6, 6.07) is -0.961. The predicted octanol–water partition coefficient (Wildman–Crippen LogP) is -0.369. The van der Waals surface area contributed by atoms with Crippen molar-refractivity contribution in [2.24, 2.45) is 11.5 Å². The Morgan fingerprint density at radius 3 is 2.12 bits per heavy atom. The average molecular weight is 245 g/mol. The fourth-order valence-electron chi connectivity index (χ4n) is 1.02. The van der Waals surface area contributed by atoms with Crippen molar-refractivity contribution in [1.82, 2.24) is 5.32 Å². The fourth-order valence-corrected chi connectivity index (χ4v) is 1.02. The van der Waals surface area contributed by atoms with Crippen LogP contribution in [0.3, 0.4) is 0 Å². The minimum absolute atomic E-state index is 0.0383. The van der Waals surface area contributed by atoms with Crippen LogP contribution < -0.4 is 16.8 Å². The molecule has 17 heavy (non-hydrogen) atoms. The molecule has 3 amide bonds. The summed E-state index contributed by atoms with van der Waals surface area (Å²) in [6.07, 6.45) is -0.737. The summed E-state index contributed by atoms with van der Waals surface area (Å²) in [5.74, 6) is -1.31. The van der Waals surface area contributed by atoms with E-state index in [1.165, 1.54) is 0 Å². The van der Waals surface area contributed by atoms with Crippen molar-refractivity contribution in [2.45, 2.75) is 45.3 Å². The zero-order valence-electron chi connectivity index (χ0n) is 10.3. The van der Waals surface area contributed by atoms with Crippen LogP contribution in [0.4, 0.5) is 4.79 Å². The van der Waals surface area contributed by atoms with E-state index in [-0.39, 0.29) is 12.8 Å². The van der Waals surface area contributed by atoms with Gasteiger partial charge in [0.15, 0.2) is 0 Å². The first kappa shape index (κ1) is 15.2. The van der Waals surface area contributed by atoms with Gasteiger partial charge in [-0.05, 0) is 27.2 Å². The van der Waals surface area contributed by atoms with Crippen LogP contribution in [0.15, 0.2) is 0 Å². The number of nitrogens with one attached hydrogen (secondary N) is 1. The number of hydrogen-bond acceptors (Lipinski definition) is 4. The molecule has 0 rings (SSSR count). The van der Waals surface area contributed by atoms with Gasteiger partial charge in [-0.3, -0.25) is 9.59 Å². The Labute approximate surface area is 99.9 Å². The van der Waals surface area contributed by atoms with Gasteiger partial charge in [-0.2, -0.15) is 0 Å². The molecule has 7 heteroatoms. The van der Waals surface area contributed by atoms with E-state index < -0.39 is 29.6 Å². The molecule has 0 aliphatic rings. The van der Waals surface area contributed by atoms with Crippen molar-refractivity contribution in [3.05, 3.63) is 0 Å². The third kappa shape index (κ3) is 8.06. The lowest BCUT2D eigenvalue weighted by Gasteiger charge is -2.22. The topological polar surface area (TPSA) is 125 Å². The maximum atomic E-state index is 11.4. The summed E-state index contributed by atoms with van der Waals surface area (Å²) in [4.78, 5) is 32.9. The number of carbonyl (C=O) groups is 3. The Hall–Kier alpha value is -1.79. The first-order valence-electron chi connectivity index (χ1n) is 5.19. The van der Waals surface area contributed by atoms with Crippen molar-refractivity contribution in [3.8, 4) is 0 Å². The Morgan fingerprint density at radius 2 is 1.76 bits per heavy atom. The van der Waals surface area contributed by atoms with E-state index in [1.807, 2.05) is 0 Å². The Balaban J connectivity index is 4.30. The minimum atomic E-state index is -0.961. The van der Waals surface area contributed by atoms with Crippen molar-refractivity contribution in [2.75, 3.05) is 0 Å². The maximum absolute atomic E-state index is 11.4. The monoisotopic (exact) mass is 245 g/mol. The summed E-state index contributed by atoms with van der Waals surface area (Å²) in [5.41, 5.74) is 9.34. The molecule has 0 aromatic rings. The van der Waals surface area contributed by atoms with E-state index in [1.54, 1.807) is 20.8 Å². The van der Waals surface area contributed by atoms with Crippen LogP contribution in [0.5, 0.6) is 0 Å². The number of hydrogen-bond donors (Lipinski definition) is 3. The summed E-state index contributed by atoms with van der Waals surface area (Å²) in [6.45, 7) is 5.07. The van der Waals surface area contributed by atoms with Gasteiger partial charge >= 0.3 is 6.09 Å². The van der Waals surface area contributed by atoms with Gasteiger partial charge < -0.3 is 21.5 Å². The molecule has 7 nitrogen and oxygen atoms in total. The standard InChI is InChI=1S/C10H19N3O4/c1-10(2,3)17-9(16)13-6(8(12)15)4-5-7(11)14/h6H,4-5H2,1-3H3,(H2,11,14)(H2,12,15)(H,13,16)/t6-/m0/s1. The highest BCUT2D eigenvalue weighted by molar-refractivity contribution is 5.85. The van der Waals surface area contributed by atoms with Gasteiger partial charge in [-0.25, -0.2) is 4.79 Å². The van der Waals surface area contributed by atoms with E-state index in [0.717, 1.165) is 0 Å². The number of rotatable bonds is 5. The second kappa shape index (κ2) is 6.07. The molecule has 1 atom stereocenters. The molecule has 0 saturated heterocycles. The van der Waals surface area contributed by atoms with Crippen LogP contribution in [0.1, 0.15) is 33.6 Å². The first-order valence-corrected chi connectivity index (χ1v) is 5.19. The molecule has 0 fully saturated rings. The molecule has 5 N–H and O–H groups in total. The van der Waals surface area contributed by atoms with Crippen molar-refractivity contribution >= 4 is 17.9 Å². The van der Waals surface area contributed by atoms with E-state index in [4.69, 9.17) is 16.2 Å². The normalized spacial score (nSPS) is 12.6.